The number of nitrogens with one attached hydrogen (secondary N) is 2. The summed E-state index contributed by atoms with van der Waals surface area (Å²) >= 11 is 0. The SMILES string of the molecule is CCNc1nc(Nc2cccc(F)c2)cc(C(F)(F)F)n1. The Morgan fingerprint density at radius 1 is 1.14 bits per heavy atom. The minimum Gasteiger partial charge on any atom is -0.354 e. The lowest BCUT2D eigenvalue weighted by Gasteiger charge is -2.12. The molecule has 1 heterocycles. The molecule has 1 aromatic heterocycles. The molecule has 0 aliphatic carbocycles. The maximum Gasteiger partial charge on any atom is 0.433 e. The highest BCUT2D eigenvalue weighted by molar-refractivity contribution is 5.57. The van der Waals surface area contributed by atoms with Crippen molar-refractivity contribution < 1.29 is 17.6 Å². The highest BCUT2D eigenvalue weighted by Gasteiger charge is 2.33. The molecule has 0 fully saturated rings. The molecule has 0 saturated heterocycles. The number of halogens is 4. The molecule has 0 amide bonds. The van der Waals surface area contributed by atoms with Gasteiger partial charge in [-0.1, -0.05) is 6.07 Å². The number of alkyl halides is 3. The minimum absolute atomic E-state index is 0.0705. The summed E-state index contributed by atoms with van der Waals surface area (Å²) in [5.74, 6) is -0.720. The summed E-state index contributed by atoms with van der Waals surface area (Å²) in [5, 5.41) is 5.25. The maximum absolute atomic E-state index is 13.1. The molecular formula is C13H12F4N4. The zero-order valence-corrected chi connectivity index (χ0v) is 11.0. The van der Waals surface area contributed by atoms with Crippen LogP contribution in [0.15, 0.2) is 30.3 Å². The molecule has 0 unspecified atom stereocenters. The average Bonchev–Trinajstić information content (AvgIpc) is 2.37. The van der Waals surface area contributed by atoms with Crippen molar-refractivity contribution in [3.05, 3.63) is 41.8 Å². The predicted molar refractivity (Wildman–Crippen MR) is 70.9 cm³/mol. The van der Waals surface area contributed by atoms with Gasteiger partial charge in [0.15, 0.2) is 5.69 Å². The second-order valence-corrected chi connectivity index (χ2v) is 4.13. The van der Waals surface area contributed by atoms with Gasteiger partial charge in [0.1, 0.15) is 11.6 Å². The standard InChI is InChI=1S/C13H12F4N4/c1-2-18-12-20-10(13(15,16)17)7-11(21-12)19-9-5-3-4-8(14)6-9/h3-7H,2H2,1H3,(H2,18,19,20,21). The topological polar surface area (TPSA) is 49.8 Å². The summed E-state index contributed by atoms with van der Waals surface area (Å²) < 4.78 is 51.4. The third kappa shape index (κ3) is 4.04. The molecule has 21 heavy (non-hydrogen) atoms. The average molecular weight is 300 g/mol. The van der Waals surface area contributed by atoms with Crippen LogP contribution in [-0.4, -0.2) is 16.5 Å². The molecular weight excluding hydrogens is 288 g/mol. The molecule has 8 heteroatoms. The third-order valence-electron chi connectivity index (χ3n) is 2.45. The van der Waals surface area contributed by atoms with Crippen LogP contribution in [0.3, 0.4) is 0 Å². The number of hydrogen-bond donors (Lipinski definition) is 2. The maximum atomic E-state index is 13.1. The van der Waals surface area contributed by atoms with E-state index in [0.717, 1.165) is 12.1 Å². The van der Waals surface area contributed by atoms with E-state index in [2.05, 4.69) is 20.6 Å². The van der Waals surface area contributed by atoms with Gasteiger partial charge in [0.25, 0.3) is 0 Å². The van der Waals surface area contributed by atoms with Crippen LogP contribution in [0.5, 0.6) is 0 Å². The van der Waals surface area contributed by atoms with Crippen molar-refractivity contribution in [3.63, 3.8) is 0 Å². The molecule has 1 aromatic carbocycles. The summed E-state index contributed by atoms with van der Waals surface area (Å²) in [7, 11) is 0. The Morgan fingerprint density at radius 2 is 1.90 bits per heavy atom. The molecule has 0 aliphatic rings. The van der Waals surface area contributed by atoms with Crippen LogP contribution >= 0.6 is 0 Å². The predicted octanol–water partition coefficient (Wildman–Crippen LogP) is 3.81. The number of aromatic nitrogens is 2. The Balaban J connectivity index is 2.35. The summed E-state index contributed by atoms with van der Waals surface area (Å²) in [6, 6.07) is 6.12. The van der Waals surface area contributed by atoms with Crippen LogP contribution in [0.25, 0.3) is 0 Å². The fourth-order valence-corrected chi connectivity index (χ4v) is 1.61. The highest BCUT2D eigenvalue weighted by Crippen LogP contribution is 2.30. The first kappa shape index (κ1) is 15.0. The van der Waals surface area contributed by atoms with Gasteiger partial charge in [0.2, 0.25) is 5.95 Å². The van der Waals surface area contributed by atoms with E-state index in [1.54, 1.807) is 6.92 Å². The van der Waals surface area contributed by atoms with Crippen molar-refractivity contribution in [2.24, 2.45) is 0 Å². The van der Waals surface area contributed by atoms with Crippen molar-refractivity contribution in [2.45, 2.75) is 13.1 Å². The number of rotatable bonds is 4. The van der Waals surface area contributed by atoms with Crippen LogP contribution in [0, 0.1) is 5.82 Å². The number of benzene rings is 1. The lowest BCUT2D eigenvalue weighted by atomic mass is 10.3. The van der Waals surface area contributed by atoms with Gasteiger partial charge in [-0.3, -0.25) is 0 Å². The summed E-state index contributed by atoms with van der Waals surface area (Å²) in [5.41, 5.74) is -0.781. The second-order valence-electron chi connectivity index (χ2n) is 4.13. The van der Waals surface area contributed by atoms with Gasteiger partial charge in [-0.05, 0) is 25.1 Å². The zero-order chi connectivity index (χ0) is 15.5. The van der Waals surface area contributed by atoms with Crippen molar-refractivity contribution in [1.29, 1.82) is 0 Å². The summed E-state index contributed by atoms with van der Waals surface area (Å²) in [4.78, 5) is 7.30. The van der Waals surface area contributed by atoms with Crippen LogP contribution in [-0.2, 0) is 6.18 Å². The van der Waals surface area contributed by atoms with E-state index in [9.17, 15) is 17.6 Å². The fourth-order valence-electron chi connectivity index (χ4n) is 1.61. The molecule has 0 aliphatic heterocycles. The Bertz CT molecular complexity index is 628. The number of hydrogen-bond acceptors (Lipinski definition) is 4. The van der Waals surface area contributed by atoms with Gasteiger partial charge in [-0.2, -0.15) is 18.2 Å². The Morgan fingerprint density at radius 3 is 2.52 bits per heavy atom. The van der Waals surface area contributed by atoms with E-state index in [1.807, 2.05) is 0 Å². The van der Waals surface area contributed by atoms with Crippen molar-refractivity contribution in [3.8, 4) is 0 Å². The van der Waals surface area contributed by atoms with E-state index in [4.69, 9.17) is 0 Å². The van der Waals surface area contributed by atoms with Gasteiger partial charge in [-0.25, -0.2) is 9.37 Å². The minimum atomic E-state index is -4.59. The molecule has 2 rings (SSSR count). The normalized spacial score (nSPS) is 11.3. The largest absolute Gasteiger partial charge is 0.433 e. The molecule has 0 bridgehead atoms. The lowest BCUT2D eigenvalue weighted by molar-refractivity contribution is -0.141. The van der Waals surface area contributed by atoms with Crippen molar-refractivity contribution in [1.82, 2.24) is 9.97 Å². The van der Waals surface area contributed by atoms with E-state index in [-0.39, 0.29) is 11.8 Å². The van der Waals surface area contributed by atoms with Crippen LogP contribution in [0.2, 0.25) is 0 Å². The van der Waals surface area contributed by atoms with Gasteiger partial charge in [0, 0.05) is 18.3 Å². The van der Waals surface area contributed by atoms with E-state index in [1.165, 1.54) is 18.2 Å². The number of nitrogens with zero attached hydrogens (tertiary/aromatic N) is 2. The molecule has 0 spiro atoms. The third-order valence-corrected chi connectivity index (χ3v) is 2.45. The molecule has 112 valence electrons. The first-order valence-electron chi connectivity index (χ1n) is 6.11. The van der Waals surface area contributed by atoms with Crippen LogP contribution < -0.4 is 10.6 Å². The number of anilines is 3. The van der Waals surface area contributed by atoms with E-state index in [0.29, 0.717) is 12.2 Å². The lowest BCUT2D eigenvalue weighted by Crippen LogP contribution is -2.13. The first-order valence-corrected chi connectivity index (χ1v) is 6.11. The van der Waals surface area contributed by atoms with Crippen molar-refractivity contribution >= 4 is 17.5 Å². The quantitative estimate of drug-likeness (QED) is 0.843. The molecule has 2 aromatic rings. The highest BCUT2D eigenvalue weighted by atomic mass is 19.4. The van der Waals surface area contributed by atoms with E-state index >= 15 is 0 Å². The smallest absolute Gasteiger partial charge is 0.354 e. The summed E-state index contributed by atoms with van der Waals surface area (Å²) in [6.45, 7) is 2.09. The molecule has 4 nitrogen and oxygen atoms in total. The molecule has 2 N–H and O–H groups in total. The molecule has 0 radical (unpaired) electrons. The Hall–Kier alpha value is -2.38. The second kappa shape index (κ2) is 5.94. The molecule has 0 saturated carbocycles. The first-order chi connectivity index (χ1) is 9.88. The van der Waals surface area contributed by atoms with Gasteiger partial charge in [0.05, 0.1) is 0 Å². The summed E-state index contributed by atoms with van der Waals surface area (Å²) in [6.07, 6.45) is -4.59. The van der Waals surface area contributed by atoms with Gasteiger partial charge in [-0.15, -0.1) is 0 Å². The van der Waals surface area contributed by atoms with Crippen molar-refractivity contribution in [2.75, 3.05) is 17.2 Å². The zero-order valence-electron chi connectivity index (χ0n) is 11.0. The van der Waals surface area contributed by atoms with E-state index < -0.39 is 17.7 Å². The monoisotopic (exact) mass is 300 g/mol. The Labute approximate surface area is 118 Å². The van der Waals surface area contributed by atoms with Gasteiger partial charge < -0.3 is 10.6 Å². The van der Waals surface area contributed by atoms with Gasteiger partial charge >= 0.3 is 6.18 Å². The fraction of sp³-hybridized carbons (Fsp3) is 0.231. The van der Waals surface area contributed by atoms with Crippen LogP contribution in [0.4, 0.5) is 35.0 Å². The Kier molecular flexibility index (Phi) is 4.25. The molecule has 0 atom stereocenters. The van der Waals surface area contributed by atoms with Crippen LogP contribution in [0.1, 0.15) is 12.6 Å².